The Morgan fingerprint density at radius 1 is 1.00 bits per heavy atom. The number of carbonyl (C=O) groups excluding carboxylic acids is 2. The number of carbonyl (C=O) groups is 2. The van der Waals surface area contributed by atoms with Crippen molar-refractivity contribution in [2.45, 2.75) is 32.9 Å². The van der Waals surface area contributed by atoms with Gasteiger partial charge in [-0.15, -0.1) is 0 Å². The van der Waals surface area contributed by atoms with Gasteiger partial charge in [0.2, 0.25) is 5.91 Å². The van der Waals surface area contributed by atoms with Crippen molar-refractivity contribution in [2.24, 2.45) is 0 Å². The van der Waals surface area contributed by atoms with Crippen LogP contribution in [-0.4, -0.2) is 26.8 Å². The number of benzene rings is 1. The Hall–Kier alpha value is -4.46. The molecule has 5 rings (SSSR count). The number of hydrogen-bond acceptors (Lipinski definition) is 5. The molecule has 2 N–H and O–H groups in total. The quantitative estimate of drug-likeness (QED) is 0.394. The van der Waals surface area contributed by atoms with Gasteiger partial charge in [-0.1, -0.05) is 6.07 Å². The lowest BCUT2D eigenvalue weighted by Crippen LogP contribution is -2.16. The SMILES string of the molecule is Cc1ccc(NC(=O)c2ccnc(C(C)(C)F)c2)cc1-c1cncc(-c2ccnc3c2CC(=O)N3)c1. The number of hydrogen-bond donors (Lipinski definition) is 2. The summed E-state index contributed by atoms with van der Waals surface area (Å²) in [6.07, 6.45) is 6.90. The van der Waals surface area contributed by atoms with E-state index in [2.05, 4.69) is 25.6 Å². The minimum absolute atomic E-state index is 0.0789. The zero-order valence-electron chi connectivity index (χ0n) is 20.1. The summed E-state index contributed by atoms with van der Waals surface area (Å²) in [6.45, 7) is 4.79. The highest BCUT2D eigenvalue weighted by Gasteiger charge is 2.23. The molecule has 4 aromatic rings. The molecule has 1 aromatic carbocycles. The first-order valence-corrected chi connectivity index (χ1v) is 11.5. The summed E-state index contributed by atoms with van der Waals surface area (Å²) in [7, 11) is 0. The average Bonchev–Trinajstić information content (AvgIpc) is 3.25. The maximum absolute atomic E-state index is 14.3. The van der Waals surface area contributed by atoms with Gasteiger partial charge >= 0.3 is 0 Å². The molecule has 0 fully saturated rings. The molecule has 2 amide bonds. The summed E-state index contributed by atoms with van der Waals surface area (Å²) in [5, 5.41) is 5.67. The normalized spacial score (nSPS) is 12.7. The van der Waals surface area contributed by atoms with Gasteiger partial charge in [-0.3, -0.25) is 19.6 Å². The highest BCUT2D eigenvalue weighted by atomic mass is 19.1. The number of nitrogens with one attached hydrogen (secondary N) is 2. The van der Waals surface area contributed by atoms with Crippen molar-refractivity contribution in [1.82, 2.24) is 15.0 Å². The van der Waals surface area contributed by atoms with Crippen LogP contribution in [0.3, 0.4) is 0 Å². The van der Waals surface area contributed by atoms with Crippen molar-refractivity contribution >= 4 is 23.3 Å². The minimum atomic E-state index is -1.65. The molecule has 1 aliphatic rings. The van der Waals surface area contributed by atoms with Crippen molar-refractivity contribution in [1.29, 1.82) is 0 Å². The summed E-state index contributed by atoms with van der Waals surface area (Å²) < 4.78 is 14.3. The molecule has 0 saturated carbocycles. The Kier molecular flexibility index (Phi) is 5.80. The van der Waals surface area contributed by atoms with E-state index in [1.165, 1.54) is 26.1 Å². The fraction of sp³-hybridized carbons (Fsp3) is 0.179. The van der Waals surface area contributed by atoms with Crippen LogP contribution in [0.2, 0.25) is 0 Å². The molecule has 0 radical (unpaired) electrons. The third kappa shape index (κ3) is 4.57. The van der Waals surface area contributed by atoms with Crippen molar-refractivity contribution in [3.63, 3.8) is 0 Å². The number of nitrogens with zero attached hydrogens (tertiary/aromatic N) is 3. The summed E-state index contributed by atoms with van der Waals surface area (Å²) >= 11 is 0. The highest BCUT2D eigenvalue weighted by molar-refractivity contribution is 6.04. The number of amides is 2. The molecule has 0 spiro atoms. The molecule has 180 valence electrons. The molecule has 0 aliphatic carbocycles. The van der Waals surface area contributed by atoms with Crippen LogP contribution >= 0.6 is 0 Å². The summed E-state index contributed by atoms with van der Waals surface area (Å²) in [4.78, 5) is 37.5. The van der Waals surface area contributed by atoms with Crippen LogP contribution in [-0.2, 0) is 16.9 Å². The van der Waals surface area contributed by atoms with Crippen molar-refractivity contribution < 1.29 is 14.0 Å². The lowest BCUT2D eigenvalue weighted by molar-refractivity contribution is -0.115. The third-order valence-corrected chi connectivity index (χ3v) is 6.14. The summed E-state index contributed by atoms with van der Waals surface area (Å²) in [6, 6.07) is 12.5. The number of anilines is 2. The Bertz CT molecular complexity index is 1510. The van der Waals surface area contributed by atoms with E-state index >= 15 is 0 Å². The second-order valence-electron chi connectivity index (χ2n) is 9.26. The number of pyridine rings is 3. The third-order valence-electron chi connectivity index (χ3n) is 6.14. The van der Waals surface area contributed by atoms with Crippen LogP contribution in [0.5, 0.6) is 0 Å². The van der Waals surface area contributed by atoms with Crippen molar-refractivity contribution in [3.8, 4) is 22.3 Å². The molecule has 8 heteroatoms. The number of aromatic nitrogens is 3. The van der Waals surface area contributed by atoms with Crippen LogP contribution in [0, 0.1) is 6.92 Å². The van der Waals surface area contributed by atoms with E-state index in [4.69, 9.17) is 0 Å². The van der Waals surface area contributed by atoms with E-state index in [-0.39, 0.29) is 23.9 Å². The summed E-state index contributed by atoms with van der Waals surface area (Å²) in [5.41, 5.74) is 4.88. The maximum Gasteiger partial charge on any atom is 0.255 e. The van der Waals surface area contributed by atoms with Gasteiger partial charge in [0.05, 0.1) is 12.1 Å². The minimum Gasteiger partial charge on any atom is -0.322 e. The standard InChI is InChI=1S/C28H24FN5O2/c1-16-4-5-20(33-27(36)17-6-8-31-24(11-17)28(2,3)29)12-22(16)19-10-18(14-30-15-19)21-7-9-32-26-23(21)13-25(35)34-26/h4-12,14-15H,13H2,1-3H3,(H,33,36)(H,32,34,35). The monoisotopic (exact) mass is 481 g/mol. The van der Waals surface area contributed by atoms with E-state index in [9.17, 15) is 14.0 Å². The van der Waals surface area contributed by atoms with Crippen LogP contribution in [0.4, 0.5) is 15.9 Å². The molecule has 0 saturated heterocycles. The number of rotatable bonds is 5. The Morgan fingerprint density at radius 2 is 1.75 bits per heavy atom. The second-order valence-corrected chi connectivity index (χ2v) is 9.26. The zero-order chi connectivity index (χ0) is 25.4. The van der Waals surface area contributed by atoms with Gasteiger partial charge in [0, 0.05) is 52.7 Å². The first-order chi connectivity index (χ1) is 17.2. The van der Waals surface area contributed by atoms with Gasteiger partial charge in [0.15, 0.2) is 0 Å². The predicted octanol–water partition coefficient (Wildman–Crippen LogP) is 5.47. The highest BCUT2D eigenvalue weighted by Crippen LogP contribution is 2.34. The molecule has 1 aliphatic heterocycles. The Labute approximate surface area is 207 Å². The topological polar surface area (TPSA) is 96.9 Å². The Balaban J connectivity index is 1.45. The van der Waals surface area contributed by atoms with Gasteiger partial charge < -0.3 is 10.6 Å². The van der Waals surface area contributed by atoms with Gasteiger partial charge in [-0.25, -0.2) is 9.37 Å². The molecule has 0 unspecified atom stereocenters. The average molecular weight is 482 g/mol. The van der Waals surface area contributed by atoms with E-state index in [1.807, 2.05) is 37.3 Å². The van der Waals surface area contributed by atoms with Crippen LogP contribution in [0.1, 0.15) is 41.0 Å². The molecule has 36 heavy (non-hydrogen) atoms. The molecule has 3 aromatic heterocycles. The van der Waals surface area contributed by atoms with Crippen molar-refractivity contribution in [3.05, 3.63) is 89.6 Å². The smallest absolute Gasteiger partial charge is 0.255 e. The van der Waals surface area contributed by atoms with Crippen LogP contribution in [0.25, 0.3) is 22.3 Å². The molecular formula is C28H24FN5O2. The van der Waals surface area contributed by atoms with Crippen molar-refractivity contribution in [2.75, 3.05) is 10.6 Å². The van der Waals surface area contributed by atoms with Crippen LogP contribution in [0.15, 0.2) is 67.3 Å². The molecular weight excluding hydrogens is 457 g/mol. The fourth-order valence-corrected chi connectivity index (χ4v) is 4.23. The maximum atomic E-state index is 14.3. The van der Waals surface area contributed by atoms with Crippen LogP contribution < -0.4 is 10.6 Å². The largest absolute Gasteiger partial charge is 0.322 e. The molecule has 0 bridgehead atoms. The number of aryl methyl sites for hydroxylation is 1. The van der Waals surface area contributed by atoms with Gasteiger partial charge in [-0.2, -0.15) is 0 Å². The van der Waals surface area contributed by atoms with E-state index in [0.29, 0.717) is 17.1 Å². The molecule has 7 nitrogen and oxygen atoms in total. The second kappa shape index (κ2) is 8.96. The fourth-order valence-electron chi connectivity index (χ4n) is 4.23. The number of fused-ring (bicyclic) bond motifs is 1. The number of halogens is 1. The first-order valence-electron chi connectivity index (χ1n) is 11.5. The van der Waals surface area contributed by atoms with Gasteiger partial charge in [-0.05, 0) is 73.9 Å². The van der Waals surface area contributed by atoms with Gasteiger partial charge in [0.25, 0.3) is 5.91 Å². The van der Waals surface area contributed by atoms with E-state index < -0.39 is 5.67 Å². The van der Waals surface area contributed by atoms with Gasteiger partial charge in [0.1, 0.15) is 11.5 Å². The number of alkyl halides is 1. The predicted molar refractivity (Wildman–Crippen MR) is 136 cm³/mol. The first kappa shape index (κ1) is 23.3. The molecule has 4 heterocycles. The molecule has 0 atom stereocenters. The van der Waals surface area contributed by atoms with E-state index in [1.54, 1.807) is 24.7 Å². The zero-order valence-corrected chi connectivity index (χ0v) is 20.1. The lowest BCUT2D eigenvalue weighted by atomic mass is 9.96. The van der Waals surface area contributed by atoms with E-state index in [0.717, 1.165) is 33.4 Å². The Morgan fingerprint density at radius 3 is 2.53 bits per heavy atom. The summed E-state index contributed by atoms with van der Waals surface area (Å²) in [5.74, 6) is 0.151. The lowest BCUT2D eigenvalue weighted by Gasteiger charge is -2.15.